The van der Waals surface area contributed by atoms with Crippen LogP contribution in [0.15, 0.2) is 53.4 Å². The first-order valence-electron chi connectivity index (χ1n) is 7.99. The fraction of sp³-hybridized carbons (Fsp3) is 0.278. The summed E-state index contributed by atoms with van der Waals surface area (Å²) in [6.45, 7) is 3.23. The predicted molar refractivity (Wildman–Crippen MR) is 93.8 cm³/mol. The lowest BCUT2D eigenvalue weighted by Gasteiger charge is -2.35. The maximum absolute atomic E-state index is 13.0. The number of halogens is 1. The van der Waals surface area contributed by atoms with Crippen molar-refractivity contribution in [1.82, 2.24) is 4.31 Å². The number of hydrogen-bond donors (Lipinski definition) is 0. The Morgan fingerprint density at radius 3 is 2.00 bits per heavy atom. The number of hydrogen-bond acceptors (Lipinski definition) is 4. The molecule has 1 fully saturated rings. The molecular formula is C18H19FN2O3S. The van der Waals surface area contributed by atoms with E-state index in [1.165, 1.54) is 47.6 Å². The van der Waals surface area contributed by atoms with Crippen molar-refractivity contribution in [3.05, 3.63) is 59.9 Å². The number of carbonyl (C=O) groups is 1. The number of Topliss-reactive ketones (excluding diaryl/α,β-unsaturated/α-hetero) is 1. The molecule has 1 heterocycles. The Hall–Kier alpha value is -2.25. The number of piperazine rings is 1. The third kappa shape index (κ3) is 3.72. The Kier molecular flexibility index (Phi) is 4.87. The largest absolute Gasteiger partial charge is 0.369 e. The molecule has 0 amide bonds. The second kappa shape index (κ2) is 6.93. The van der Waals surface area contributed by atoms with E-state index in [9.17, 15) is 17.6 Å². The van der Waals surface area contributed by atoms with Crippen LogP contribution in [0.3, 0.4) is 0 Å². The van der Waals surface area contributed by atoms with Crippen molar-refractivity contribution >= 4 is 21.5 Å². The molecule has 2 aromatic carbocycles. The molecule has 2 aromatic rings. The van der Waals surface area contributed by atoms with Crippen LogP contribution in [0.5, 0.6) is 0 Å². The maximum Gasteiger partial charge on any atom is 0.243 e. The first kappa shape index (κ1) is 17.6. The van der Waals surface area contributed by atoms with E-state index < -0.39 is 10.0 Å². The van der Waals surface area contributed by atoms with E-state index >= 15 is 0 Å². The molecule has 1 aliphatic rings. The van der Waals surface area contributed by atoms with Gasteiger partial charge in [-0.15, -0.1) is 0 Å². The van der Waals surface area contributed by atoms with Crippen LogP contribution >= 0.6 is 0 Å². The van der Waals surface area contributed by atoms with Gasteiger partial charge >= 0.3 is 0 Å². The lowest BCUT2D eigenvalue weighted by molar-refractivity contribution is 0.101. The first-order valence-corrected chi connectivity index (χ1v) is 9.43. The zero-order valence-corrected chi connectivity index (χ0v) is 14.7. The predicted octanol–water partition coefficient (Wildman–Crippen LogP) is 2.54. The van der Waals surface area contributed by atoms with Crippen LogP contribution in [0.25, 0.3) is 0 Å². The Bertz CT molecular complexity index is 856. The standard InChI is InChI=1S/C18H19FN2O3S/c1-14(22)15-2-8-18(9-3-15)25(23,24)21-12-10-20(11-13-21)17-6-4-16(19)5-7-17/h2-9H,10-13H2,1H3. The molecule has 0 radical (unpaired) electrons. The molecule has 132 valence electrons. The quantitative estimate of drug-likeness (QED) is 0.785. The van der Waals surface area contributed by atoms with Gasteiger partial charge in [0, 0.05) is 37.4 Å². The third-order valence-corrected chi connectivity index (χ3v) is 6.24. The van der Waals surface area contributed by atoms with E-state index in [0.29, 0.717) is 31.7 Å². The van der Waals surface area contributed by atoms with Crippen LogP contribution in [0.1, 0.15) is 17.3 Å². The van der Waals surface area contributed by atoms with Gasteiger partial charge in [-0.25, -0.2) is 12.8 Å². The minimum Gasteiger partial charge on any atom is -0.369 e. The molecule has 7 heteroatoms. The maximum atomic E-state index is 13.0. The third-order valence-electron chi connectivity index (χ3n) is 4.33. The molecule has 5 nitrogen and oxygen atoms in total. The summed E-state index contributed by atoms with van der Waals surface area (Å²) in [7, 11) is -3.58. The summed E-state index contributed by atoms with van der Waals surface area (Å²) in [5.74, 6) is -0.393. The van der Waals surface area contributed by atoms with Crippen molar-refractivity contribution in [3.63, 3.8) is 0 Å². The molecule has 25 heavy (non-hydrogen) atoms. The molecule has 0 saturated carbocycles. The van der Waals surface area contributed by atoms with E-state index in [0.717, 1.165) is 5.69 Å². The van der Waals surface area contributed by atoms with Crippen LogP contribution in [0.2, 0.25) is 0 Å². The average molecular weight is 362 g/mol. The van der Waals surface area contributed by atoms with Crippen LogP contribution in [-0.2, 0) is 10.0 Å². The van der Waals surface area contributed by atoms with Gasteiger partial charge in [-0.05, 0) is 43.3 Å². The molecule has 0 unspecified atom stereocenters. The topological polar surface area (TPSA) is 57.7 Å². The van der Waals surface area contributed by atoms with Gasteiger partial charge in [0.15, 0.2) is 5.78 Å². The number of rotatable bonds is 4. The number of benzene rings is 2. The minimum absolute atomic E-state index is 0.100. The van der Waals surface area contributed by atoms with Crippen LogP contribution < -0.4 is 4.90 Å². The van der Waals surface area contributed by atoms with Crippen molar-refractivity contribution in [2.24, 2.45) is 0 Å². The van der Waals surface area contributed by atoms with Gasteiger partial charge in [-0.1, -0.05) is 12.1 Å². The smallest absolute Gasteiger partial charge is 0.243 e. The van der Waals surface area contributed by atoms with Crippen LogP contribution in [0, 0.1) is 5.82 Å². The Morgan fingerprint density at radius 2 is 1.48 bits per heavy atom. The van der Waals surface area contributed by atoms with E-state index in [2.05, 4.69) is 0 Å². The fourth-order valence-corrected chi connectivity index (χ4v) is 4.27. The second-order valence-corrected chi connectivity index (χ2v) is 7.89. The van der Waals surface area contributed by atoms with E-state index in [1.807, 2.05) is 4.90 Å². The Labute approximate surface area is 146 Å². The molecule has 0 N–H and O–H groups in total. The fourth-order valence-electron chi connectivity index (χ4n) is 2.85. The first-order chi connectivity index (χ1) is 11.9. The van der Waals surface area contributed by atoms with Crippen LogP contribution in [-0.4, -0.2) is 44.7 Å². The second-order valence-electron chi connectivity index (χ2n) is 5.95. The number of anilines is 1. The van der Waals surface area contributed by atoms with E-state index in [-0.39, 0.29) is 16.5 Å². The summed E-state index contributed by atoms with van der Waals surface area (Å²) >= 11 is 0. The molecule has 0 aliphatic carbocycles. The van der Waals surface area contributed by atoms with E-state index in [4.69, 9.17) is 0 Å². The minimum atomic E-state index is -3.58. The molecule has 1 saturated heterocycles. The van der Waals surface area contributed by atoms with Crippen molar-refractivity contribution < 1.29 is 17.6 Å². The summed E-state index contributed by atoms with van der Waals surface area (Å²) in [4.78, 5) is 13.5. The summed E-state index contributed by atoms with van der Waals surface area (Å²) in [5.41, 5.74) is 1.37. The van der Waals surface area contributed by atoms with Crippen molar-refractivity contribution in [3.8, 4) is 0 Å². The Morgan fingerprint density at radius 1 is 0.920 bits per heavy atom. The highest BCUT2D eigenvalue weighted by atomic mass is 32.2. The van der Waals surface area contributed by atoms with Crippen molar-refractivity contribution in [1.29, 1.82) is 0 Å². The van der Waals surface area contributed by atoms with Gasteiger partial charge in [-0.3, -0.25) is 4.79 Å². The highest BCUT2D eigenvalue weighted by Gasteiger charge is 2.28. The highest BCUT2D eigenvalue weighted by molar-refractivity contribution is 7.89. The number of sulfonamides is 1. The van der Waals surface area contributed by atoms with Gasteiger partial charge in [0.1, 0.15) is 5.82 Å². The van der Waals surface area contributed by atoms with Crippen LogP contribution in [0.4, 0.5) is 10.1 Å². The van der Waals surface area contributed by atoms with Gasteiger partial charge in [0.2, 0.25) is 10.0 Å². The number of nitrogens with zero attached hydrogens (tertiary/aromatic N) is 2. The normalized spacial score (nSPS) is 16.0. The summed E-state index contributed by atoms with van der Waals surface area (Å²) < 4.78 is 39.9. The lowest BCUT2D eigenvalue weighted by atomic mass is 10.2. The zero-order chi connectivity index (χ0) is 18.0. The number of carbonyl (C=O) groups excluding carboxylic acids is 1. The van der Waals surface area contributed by atoms with Gasteiger partial charge in [0.05, 0.1) is 4.90 Å². The molecule has 3 rings (SSSR count). The molecular weight excluding hydrogens is 343 g/mol. The lowest BCUT2D eigenvalue weighted by Crippen LogP contribution is -2.48. The van der Waals surface area contributed by atoms with Crippen molar-refractivity contribution in [2.75, 3.05) is 31.1 Å². The van der Waals surface area contributed by atoms with Gasteiger partial charge in [-0.2, -0.15) is 4.31 Å². The molecule has 0 spiro atoms. The molecule has 0 atom stereocenters. The molecule has 1 aliphatic heterocycles. The average Bonchev–Trinajstić information content (AvgIpc) is 2.62. The monoisotopic (exact) mass is 362 g/mol. The highest BCUT2D eigenvalue weighted by Crippen LogP contribution is 2.21. The van der Waals surface area contributed by atoms with Crippen molar-refractivity contribution in [2.45, 2.75) is 11.8 Å². The summed E-state index contributed by atoms with van der Waals surface area (Å²) in [6, 6.07) is 12.2. The van der Waals surface area contributed by atoms with E-state index in [1.54, 1.807) is 12.1 Å². The zero-order valence-electron chi connectivity index (χ0n) is 13.9. The Balaban J connectivity index is 1.70. The van der Waals surface area contributed by atoms with Gasteiger partial charge in [0.25, 0.3) is 0 Å². The number of ketones is 1. The SMILES string of the molecule is CC(=O)c1ccc(S(=O)(=O)N2CCN(c3ccc(F)cc3)CC2)cc1. The summed E-state index contributed by atoms with van der Waals surface area (Å²) in [6.07, 6.45) is 0. The van der Waals surface area contributed by atoms with Gasteiger partial charge < -0.3 is 4.90 Å². The molecule has 0 bridgehead atoms. The molecule has 0 aromatic heterocycles. The summed E-state index contributed by atoms with van der Waals surface area (Å²) in [5, 5.41) is 0.